The fraction of sp³-hybridized carbons (Fsp3) is 0.600. The zero-order chi connectivity index (χ0) is 11.0. The van der Waals surface area contributed by atoms with Crippen molar-refractivity contribution >= 4 is 5.91 Å². The summed E-state index contributed by atoms with van der Waals surface area (Å²) in [5, 5.41) is 6.43. The first kappa shape index (κ1) is 12.7. The van der Waals surface area contributed by atoms with Crippen molar-refractivity contribution in [1.29, 1.82) is 0 Å². The van der Waals surface area contributed by atoms with E-state index in [0.29, 0.717) is 13.0 Å². The standard InChI is InChI=1S/C8H12N2O2.C2H6/c1-3-8(11)9-5-7-4-6(2)12-10-7;1-2/h4H,3,5H2,1-2H3,(H,9,11);1-2H3. The monoisotopic (exact) mass is 198 g/mol. The van der Waals surface area contributed by atoms with Crippen molar-refractivity contribution in [2.45, 2.75) is 40.7 Å². The average Bonchev–Trinajstić information content (AvgIpc) is 2.64. The molecular weight excluding hydrogens is 180 g/mol. The zero-order valence-electron chi connectivity index (χ0n) is 9.26. The lowest BCUT2D eigenvalue weighted by Gasteiger charge is -1.97. The number of hydrogen-bond donors (Lipinski definition) is 1. The van der Waals surface area contributed by atoms with Crippen LogP contribution in [0.25, 0.3) is 0 Å². The van der Waals surface area contributed by atoms with Crippen LogP contribution in [0.2, 0.25) is 0 Å². The number of amides is 1. The van der Waals surface area contributed by atoms with Crippen LogP contribution in [0.3, 0.4) is 0 Å². The first-order valence-corrected chi connectivity index (χ1v) is 4.91. The molecule has 0 saturated carbocycles. The Bertz CT molecular complexity index is 269. The summed E-state index contributed by atoms with van der Waals surface area (Å²) in [6.07, 6.45) is 0.497. The zero-order valence-corrected chi connectivity index (χ0v) is 9.26. The van der Waals surface area contributed by atoms with Gasteiger partial charge in [-0.3, -0.25) is 4.79 Å². The maximum atomic E-state index is 10.8. The van der Waals surface area contributed by atoms with Crippen molar-refractivity contribution in [3.05, 3.63) is 17.5 Å². The van der Waals surface area contributed by atoms with E-state index in [1.54, 1.807) is 6.07 Å². The molecule has 0 aliphatic rings. The van der Waals surface area contributed by atoms with Crippen LogP contribution in [0.5, 0.6) is 0 Å². The summed E-state index contributed by atoms with van der Waals surface area (Å²) in [6.45, 7) is 8.07. The van der Waals surface area contributed by atoms with Crippen LogP contribution in [-0.2, 0) is 11.3 Å². The van der Waals surface area contributed by atoms with Crippen molar-refractivity contribution in [1.82, 2.24) is 10.5 Å². The third-order valence-electron chi connectivity index (χ3n) is 1.46. The molecule has 0 aliphatic heterocycles. The Hall–Kier alpha value is -1.32. The largest absolute Gasteiger partial charge is 0.361 e. The maximum Gasteiger partial charge on any atom is 0.220 e. The Labute approximate surface area is 84.7 Å². The SMILES string of the molecule is CC.CCC(=O)NCc1cc(C)on1. The van der Waals surface area contributed by atoms with E-state index in [0.717, 1.165) is 11.5 Å². The van der Waals surface area contributed by atoms with Crippen molar-refractivity contribution < 1.29 is 9.32 Å². The van der Waals surface area contributed by atoms with Gasteiger partial charge in [0.2, 0.25) is 5.91 Å². The molecule has 1 aromatic heterocycles. The Balaban J connectivity index is 0.000000791. The van der Waals surface area contributed by atoms with Crippen LogP contribution in [0.15, 0.2) is 10.6 Å². The van der Waals surface area contributed by atoms with Crippen LogP contribution < -0.4 is 5.32 Å². The molecule has 0 aromatic carbocycles. The first-order chi connectivity index (χ1) is 6.72. The number of aromatic nitrogens is 1. The molecular formula is C10H18N2O2. The Morgan fingerprint density at radius 2 is 2.21 bits per heavy atom. The molecule has 1 amide bonds. The summed E-state index contributed by atoms with van der Waals surface area (Å²) in [6, 6.07) is 1.80. The molecule has 1 rings (SSSR count). The van der Waals surface area contributed by atoms with E-state index < -0.39 is 0 Å². The van der Waals surface area contributed by atoms with Gasteiger partial charge in [-0.2, -0.15) is 0 Å². The maximum absolute atomic E-state index is 10.8. The summed E-state index contributed by atoms with van der Waals surface area (Å²) in [7, 11) is 0. The van der Waals surface area contributed by atoms with Crippen molar-refractivity contribution in [2.24, 2.45) is 0 Å². The summed E-state index contributed by atoms with van der Waals surface area (Å²) in [5.74, 6) is 0.784. The molecule has 0 fully saturated rings. The van der Waals surface area contributed by atoms with Crippen molar-refractivity contribution in [3.8, 4) is 0 Å². The molecule has 1 N–H and O–H groups in total. The van der Waals surface area contributed by atoms with E-state index in [1.165, 1.54) is 0 Å². The predicted molar refractivity (Wildman–Crippen MR) is 54.7 cm³/mol. The minimum atomic E-state index is 0.0238. The van der Waals surface area contributed by atoms with E-state index in [2.05, 4.69) is 10.5 Å². The van der Waals surface area contributed by atoms with Gasteiger partial charge in [-0.05, 0) is 6.92 Å². The Kier molecular flexibility index (Phi) is 6.45. The predicted octanol–water partition coefficient (Wildman–Crippen LogP) is 2.04. The second kappa shape index (κ2) is 7.12. The molecule has 0 atom stereocenters. The highest BCUT2D eigenvalue weighted by Gasteiger charge is 2.01. The molecule has 0 unspecified atom stereocenters. The van der Waals surface area contributed by atoms with Gasteiger partial charge in [0, 0.05) is 12.5 Å². The van der Waals surface area contributed by atoms with Gasteiger partial charge in [-0.15, -0.1) is 0 Å². The molecule has 0 saturated heterocycles. The highest BCUT2D eigenvalue weighted by Crippen LogP contribution is 2.00. The number of hydrogen-bond acceptors (Lipinski definition) is 3. The molecule has 4 nitrogen and oxygen atoms in total. The molecule has 1 heterocycles. The second-order valence-corrected chi connectivity index (χ2v) is 2.56. The average molecular weight is 198 g/mol. The van der Waals surface area contributed by atoms with Crippen LogP contribution in [0.4, 0.5) is 0 Å². The van der Waals surface area contributed by atoms with E-state index in [1.807, 2.05) is 27.7 Å². The van der Waals surface area contributed by atoms with Gasteiger partial charge in [-0.25, -0.2) is 0 Å². The van der Waals surface area contributed by atoms with Gasteiger partial charge in [0.05, 0.1) is 6.54 Å². The summed E-state index contributed by atoms with van der Waals surface area (Å²) >= 11 is 0. The summed E-state index contributed by atoms with van der Waals surface area (Å²) in [4.78, 5) is 10.8. The van der Waals surface area contributed by atoms with E-state index in [9.17, 15) is 4.79 Å². The molecule has 1 aromatic rings. The molecule has 0 bridgehead atoms. The molecule has 80 valence electrons. The third kappa shape index (κ3) is 4.64. The lowest BCUT2D eigenvalue weighted by atomic mass is 10.3. The number of carbonyl (C=O) groups is 1. The first-order valence-electron chi connectivity index (χ1n) is 4.91. The van der Waals surface area contributed by atoms with Gasteiger partial charge in [0.15, 0.2) is 0 Å². The second-order valence-electron chi connectivity index (χ2n) is 2.56. The summed E-state index contributed by atoms with van der Waals surface area (Å²) in [5.41, 5.74) is 0.759. The van der Waals surface area contributed by atoms with Crippen LogP contribution >= 0.6 is 0 Å². The van der Waals surface area contributed by atoms with Gasteiger partial charge in [0.1, 0.15) is 11.5 Å². The van der Waals surface area contributed by atoms with Crippen LogP contribution in [0.1, 0.15) is 38.6 Å². The lowest BCUT2D eigenvalue weighted by Crippen LogP contribution is -2.21. The number of nitrogens with one attached hydrogen (secondary N) is 1. The Morgan fingerprint density at radius 3 is 2.64 bits per heavy atom. The normalized spacial score (nSPS) is 8.86. The van der Waals surface area contributed by atoms with Crippen LogP contribution in [-0.4, -0.2) is 11.1 Å². The molecule has 0 radical (unpaired) electrons. The molecule has 0 spiro atoms. The highest BCUT2D eigenvalue weighted by atomic mass is 16.5. The van der Waals surface area contributed by atoms with Crippen LogP contribution in [0, 0.1) is 6.92 Å². The van der Waals surface area contributed by atoms with E-state index >= 15 is 0 Å². The number of carbonyl (C=O) groups excluding carboxylic acids is 1. The molecule has 4 heteroatoms. The third-order valence-corrected chi connectivity index (χ3v) is 1.46. The highest BCUT2D eigenvalue weighted by molar-refractivity contribution is 5.75. The van der Waals surface area contributed by atoms with E-state index in [4.69, 9.17) is 4.52 Å². The smallest absolute Gasteiger partial charge is 0.220 e. The molecule has 14 heavy (non-hydrogen) atoms. The molecule has 0 aliphatic carbocycles. The van der Waals surface area contributed by atoms with Gasteiger partial charge in [-0.1, -0.05) is 25.9 Å². The van der Waals surface area contributed by atoms with E-state index in [-0.39, 0.29) is 5.91 Å². The fourth-order valence-corrected chi connectivity index (χ4v) is 0.815. The van der Waals surface area contributed by atoms with Gasteiger partial charge >= 0.3 is 0 Å². The minimum absolute atomic E-state index is 0.0238. The van der Waals surface area contributed by atoms with Crippen molar-refractivity contribution in [2.75, 3.05) is 0 Å². The van der Waals surface area contributed by atoms with Crippen molar-refractivity contribution in [3.63, 3.8) is 0 Å². The van der Waals surface area contributed by atoms with Gasteiger partial charge in [0.25, 0.3) is 0 Å². The summed E-state index contributed by atoms with van der Waals surface area (Å²) < 4.78 is 4.83. The topological polar surface area (TPSA) is 55.1 Å². The lowest BCUT2D eigenvalue weighted by molar-refractivity contribution is -0.120. The number of rotatable bonds is 3. The minimum Gasteiger partial charge on any atom is -0.361 e. The number of aryl methyl sites for hydroxylation is 1. The quantitative estimate of drug-likeness (QED) is 0.808. The number of nitrogens with zero attached hydrogens (tertiary/aromatic N) is 1. The fourth-order valence-electron chi connectivity index (χ4n) is 0.815. The Morgan fingerprint density at radius 1 is 1.57 bits per heavy atom. The van der Waals surface area contributed by atoms with Gasteiger partial charge < -0.3 is 9.84 Å².